The van der Waals surface area contributed by atoms with Crippen molar-refractivity contribution in [2.45, 2.75) is 50.9 Å². The Balaban J connectivity index is 1.33. The van der Waals surface area contributed by atoms with Gasteiger partial charge in [0.05, 0.1) is 12.0 Å². The number of anilines is 1. The summed E-state index contributed by atoms with van der Waals surface area (Å²) in [5.74, 6) is -1.27. The van der Waals surface area contributed by atoms with E-state index in [9.17, 15) is 22.8 Å². The van der Waals surface area contributed by atoms with Crippen molar-refractivity contribution in [2.24, 2.45) is 0 Å². The first-order valence-electron chi connectivity index (χ1n) is 14.0. The maximum atomic E-state index is 14.0. The number of carbonyl (C=O) groups excluding carboxylic acids is 2. The van der Waals surface area contributed by atoms with E-state index in [4.69, 9.17) is 0 Å². The molecule has 0 radical (unpaired) electrons. The fourth-order valence-electron chi connectivity index (χ4n) is 6.57. The first kappa shape index (κ1) is 26.4. The first-order valence-corrected chi connectivity index (χ1v) is 14.0. The fourth-order valence-corrected chi connectivity index (χ4v) is 6.57. The van der Waals surface area contributed by atoms with Crippen LogP contribution in [0.4, 0.5) is 18.9 Å². The summed E-state index contributed by atoms with van der Waals surface area (Å²) in [7, 11) is 0. The molecule has 40 heavy (non-hydrogen) atoms. The molecule has 8 heteroatoms. The highest BCUT2D eigenvalue weighted by Gasteiger charge is 2.43. The molecule has 0 bridgehead atoms. The Morgan fingerprint density at radius 2 is 1.70 bits per heavy atom. The molecule has 3 aliphatic rings. The summed E-state index contributed by atoms with van der Waals surface area (Å²) in [5, 5.41) is 0. The lowest BCUT2D eigenvalue weighted by atomic mass is 9.93. The molecule has 0 spiro atoms. The fraction of sp³-hybridized carbons (Fsp3) is 0.375. The molecule has 3 aromatic rings. The molecule has 2 aliphatic heterocycles. The van der Waals surface area contributed by atoms with E-state index in [0.29, 0.717) is 32.5 Å². The Bertz CT molecular complexity index is 1450. The summed E-state index contributed by atoms with van der Waals surface area (Å²) in [5.41, 5.74) is 5.95. The van der Waals surface area contributed by atoms with E-state index in [1.165, 1.54) is 0 Å². The molecule has 3 aromatic carbocycles. The zero-order chi connectivity index (χ0) is 28.0. The summed E-state index contributed by atoms with van der Waals surface area (Å²) in [6.45, 7) is 2.59. The number of hydrogen-bond donors (Lipinski definition) is 0. The van der Waals surface area contributed by atoms with Gasteiger partial charge in [-0.05, 0) is 47.2 Å². The second kappa shape index (κ2) is 10.3. The molecule has 0 N–H and O–H groups in total. The average Bonchev–Trinajstić information content (AvgIpc) is 3.64. The molecule has 2 atom stereocenters. The average molecular weight is 548 g/mol. The van der Waals surface area contributed by atoms with Gasteiger partial charge in [-0.2, -0.15) is 13.2 Å². The van der Waals surface area contributed by atoms with E-state index >= 15 is 0 Å². The third kappa shape index (κ3) is 4.63. The number of hydrogen-bond acceptors (Lipinski definition) is 3. The number of unbranched alkanes of at least 4 members (excludes halogenated alkanes) is 1. The van der Waals surface area contributed by atoms with E-state index in [1.807, 2.05) is 78.6 Å². The van der Waals surface area contributed by atoms with Gasteiger partial charge in [-0.25, -0.2) is 0 Å². The van der Waals surface area contributed by atoms with E-state index in [0.717, 1.165) is 50.4 Å². The molecular weight excluding hydrogens is 515 g/mol. The Labute approximate surface area is 232 Å². The van der Waals surface area contributed by atoms with Crippen molar-refractivity contribution in [1.29, 1.82) is 0 Å². The highest BCUT2D eigenvalue weighted by molar-refractivity contribution is 6.00. The van der Waals surface area contributed by atoms with Crippen LogP contribution in [-0.4, -0.2) is 60.0 Å². The van der Waals surface area contributed by atoms with Crippen molar-refractivity contribution < 1.29 is 22.8 Å². The molecule has 0 saturated carbocycles. The van der Waals surface area contributed by atoms with Crippen LogP contribution in [0.2, 0.25) is 0 Å². The molecule has 5 nitrogen and oxygen atoms in total. The van der Waals surface area contributed by atoms with Crippen LogP contribution in [0, 0.1) is 0 Å². The number of fused-ring (bicyclic) bond motifs is 4. The van der Waals surface area contributed by atoms with E-state index in [2.05, 4.69) is 4.90 Å². The number of rotatable bonds is 7. The zero-order valence-corrected chi connectivity index (χ0v) is 22.5. The van der Waals surface area contributed by atoms with Crippen molar-refractivity contribution >= 4 is 17.5 Å². The summed E-state index contributed by atoms with van der Waals surface area (Å²) >= 11 is 0. The predicted octanol–water partition coefficient (Wildman–Crippen LogP) is 6.22. The minimum Gasteiger partial charge on any atom is -0.369 e. The van der Waals surface area contributed by atoms with Gasteiger partial charge < -0.3 is 14.7 Å². The molecule has 208 valence electrons. The molecule has 6 rings (SSSR count). The molecule has 0 aromatic heterocycles. The topological polar surface area (TPSA) is 43.9 Å². The van der Waals surface area contributed by atoms with Crippen molar-refractivity contribution in [3.8, 4) is 11.1 Å². The number of alkyl halides is 3. The van der Waals surface area contributed by atoms with Crippen molar-refractivity contribution in [3.05, 3.63) is 89.0 Å². The largest absolute Gasteiger partial charge is 0.406 e. The number of halogens is 3. The first-order chi connectivity index (χ1) is 19.3. The van der Waals surface area contributed by atoms with Gasteiger partial charge in [0.15, 0.2) is 0 Å². The van der Waals surface area contributed by atoms with Gasteiger partial charge in [-0.15, -0.1) is 0 Å². The highest BCUT2D eigenvalue weighted by Crippen LogP contribution is 2.50. The third-order valence-electron chi connectivity index (χ3n) is 8.44. The Hall–Kier alpha value is -3.81. The van der Waals surface area contributed by atoms with Crippen LogP contribution in [0.5, 0.6) is 0 Å². The molecule has 2 unspecified atom stereocenters. The van der Waals surface area contributed by atoms with Crippen LogP contribution in [-0.2, 0) is 11.3 Å². The molecule has 1 aliphatic carbocycles. The van der Waals surface area contributed by atoms with E-state index < -0.39 is 24.5 Å². The number of benzene rings is 3. The van der Waals surface area contributed by atoms with Crippen LogP contribution in [0.1, 0.15) is 59.2 Å². The van der Waals surface area contributed by atoms with E-state index in [-0.39, 0.29) is 18.5 Å². The van der Waals surface area contributed by atoms with Crippen LogP contribution >= 0.6 is 0 Å². The monoisotopic (exact) mass is 547 g/mol. The predicted molar refractivity (Wildman–Crippen MR) is 148 cm³/mol. The van der Waals surface area contributed by atoms with Crippen LogP contribution in [0.3, 0.4) is 0 Å². The Morgan fingerprint density at radius 3 is 2.45 bits per heavy atom. The lowest BCUT2D eigenvalue weighted by molar-refractivity contribution is -0.161. The normalized spacial score (nSPS) is 19.6. The highest BCUT2D eigenvalue weighted by atomic mass is 19.4. The minimum absolute atomic E-state index is 0.0139. The summed E-state index contributed by atoms with van der Waals surface area (Å²) in [4.78, 5) is 32.3. The number of amides is 2. The van der Waals surface area contributed by atoms with Crippen LogP contribution in [0.15, 0.2) is 66.7 Å². The standard InChI is InChI=1S/C32H32F3N3O2/c1-2-3-16-37(20-32(33,34)35)31(40)29-26-12-7-6-11-24(26)25-13-8-14-27(28(25)29)36-17-15-22(19-36)38-18-21-9-4-5-10-23(21)30(38)39/h4-14,22,29H,2-3,15-20H2,1H3. The molecule has 1 fully saturated rings. The maximum Gasteiger partial charge on any atom is 0.406 e. The SMILES string of the molecule is CCCCN(CC(F)(F)F)C(=O)C1c2ccccc2-c2cccc(N3CCC(N4Cc5ccccc5C4=O)C3)c21. The van der Waals surface area contributed by atoms with Crippen molar-refractivity contribution in [3.63, 3.8) is 0 Å². The second-order valence-electron chi connectivity index (χ2n) is 11.0. The van der Waals surface area contributed by atoms with Crippen LogP contribution in [0.25, 0.3) is 11.1 Å². The lowest BCUT2D eigenvalue weighted by Gasteiger charge is -2.30. The summed E-state index contributed by atoms with van der Waals surface area (Å²) in [6.07, 6.45) is -2.50. The van der Waals surface area contributed by atoms with E-state index in [1.54, 1.807) is 0 Å². The van der Waals surface area contributed by atoms with Crippen molar-refractivity contribution in [2.75, 3.05) is 31.1 Å². The lowest BCUT2D eigenvalue weighted by Crippen LogP contribution is -2.42. The minimum atomic E-state index is -4.48. The Kier molecular flexibility index (Phi) is 6.80. The smallest absolute Gasteiger partial charge is 0.369 e. The third-order valence-corrected chi connectivity index (χ3v) is 8.44. The van der Waals surface area contributed by atoms with Gasteiger partial charge in [0.25, 0.3) is 5.91 Å². The molecule has 2 heterocycles. The molecule has 2 amide bonds. The van der Waals surface area contributed by atoms with Gasteiger partial charge in [0.2, 0.25) is 5.91 Å². The Morgan fingerprint density at radius 1 is 0.975 bits per heavy atom. The zero-order valence-electron chi connectivity index (χ0n) is 22.5. The van der Waals surface area contributed by atoms with Crippen LogP contribution < -0.4 is 4.90 Å². The second-order valence-corrected chi connectivity index (χ2v) is 11.0. The van der Waals surface area contributed by atoms with Gasteiger partial charge in [-0.3, -0.25) is 9.59 Å². The summed E-state index contributed by atoms with van der Waals surface area (Å²) in [6, 6.07) is 21.1. The number of carbonyl (C=O) groups is 2. The van der Waals surface area contributed by atoms with Crippen molar-refractivity contribution in [1.82, 2.24) is 9.80 Å². The van der Waals surface area contributed by atoms with Gasteiger partial charge in [0.1, 0.15) is 6.54 Å². The number of nitrogens with zero attached hydrogens (tertiary/aromatic N) is 3. The van der Waals surface area contributed by atoms with Gasteiger partial charge in [0, 0.05) is 43.0 Å². The van der Waals surface area contributed by atoms with Gasteiger partial charge >= 0.3 is 6.18 Å². The molecular formula is C32H32F3N3O2. The summed E-state index contributed by atoms with van der Waals surface area (Å²) < 4.78 is 40.8. The maximum absolute atomic E-state index is 14.0. The molecule has 1 saturated heterocycles. The quantitative estimate of drug-likeness (QED) is 0.353. The van der Waals surface area contributed by atoms with Gasteiger partial charge in [-0.1, -0.05) is 67.9 Å².